The third kappa shape index (κ3) is 4.59. The molecule has 0 aliphatic rings. The van der Waals surface area contributed by atoms with Gasteiger partial charge in [0.1, 0.15) is 17.2 Å². The second kappa shape index (κ2) is 8.83. The molecule has 0 unspecified atom stereocenters. The molecule has 0 saturated carbocycles. The lowest BCUT2D eigenvalue weighted by Gasteiger charge is -2.10. The van der Waals surface area contributed by atoms with Crippen molar-refractivity contribution in [1.82, 2.24) is 15.3 Å². The SMILES string of the molecule is O=C(CNC(=O)c1nccc2ccccc12)Nc1cccc(Oc2ccncc2)c1. The number of benzene rings is 2. The van der Waals surface area contributed by atoms with Gasteiger partial charge in [0, 0.05) is 35.7 Å². The van der Waals surface area contributed by atoms with E-state index in [-0.39, 0.29) is 18.1 Å². The highest BCUT2D eigenvalue weighted by Crippen LogP contribution is 2.23. The molecule has 0 aliphatic heterocycles. The molecule has 4 aromatic rings. The maximum absolute atomic E-state index is 12.5. The molecule has 4 rings (SSSR count). The van der Waals surface area contributed by atoms with Gasteiger partial charge in [0.25, 0.3) is 5.91 Å². The van der Waals surface area contributed by atoms with E-state index in [0.29, 0.717) is 17.2 Å². The van der Waals surface area contributed by atoms with Crippen LogP contribution < -0.4 is 15.4 Å². The average Bonchev–Trinajstić information content (AvgIpc) is 2.78. The number of ether oxygens (including phenoxy) is 1. The summed E-state index contributed by atoms with van der Waals surface area (Å²) in [6.07, 6.45) is 4.84. The third-order valence-electron chi connectivity index (χ3n) is 4.30. The summed E-state index contributed by atoms with van der Waals surface area (Å²) < 4.78 is 5.73. The van der Waals surface area contributed by atoms with E-state index < -0.39 is 5.91 Å². The summed E-state index contributed by atoms with van der Waals surface area (Å²) >= 11 is 0. The van der Waals surface area contributed by atoms with Crippen LogP contribution in [0, 0.1) is 0 Å². The first-order valence-corrected chi connectivity index (χ1v) is 9.29. The van der Waals surface area contributed by atoms with Gasteiger partial charge in [0.05, 0.1) is 6.54 Å². The molecule has 7 heteroatoms. The quantitative estimate of drug-likeness (QED) is 0.515. The average molecular weight is 398 g/mol. The van der Waals surface area contributed by atoms with E-state index in [9.17, 15) is 9.59 Å². The Labute approximate surface area is 172 Å². The molecule has 2 aromatic heterocycles. The van der Waals surface area contributed by atoms with Crippen LogP contribution in [-0.2, 0) is 4.79 Å². The fraction of sp³-hybridized carbons (Fsp3) is 0.0435. The Morgan fingerprint density at radius 2 is 1.70 bits per heavy atom. The van der Waals surface area contributed by atoms with Crippen LogP contribution in [0.1, 0.15) is 10.5 Å². The molecule has 2 amide bonds. The first-order chi connectivity index (χ1) is 14.7. The van der Waals surface area contributed by atoms with Gasteiger partial charge < -0.3 is 15.4 Å². The van der Waals surface area contributed by atoms with Crippen LogP contribution in [0.4, 0.5) is 5.69 Å². The van der Waals surface area contributed by atoms with Gasteiger partial charge in [-0.3, -0.25) is 19.6 Å². The highest BCUT2D eigenvalue weighted by Gasteiger charge is 2.13. The molecule has 0 fully saturated rings. The number of anilines is 1. The van der Waals surface area contributed by atoms with Gasteiger partial charge in [-0.2, -0.15) is 0 Å². The smallest absolute Gasteiger partial charge is 0.270 e. The van der Waals surface area contributed by atoms with Gasteiger partial charge in [-0.15, -0.1) is 0 Å². The first kappa shape index (κ1) is 19.1. The van der Waals surface area contributed by atoms with Crippen LogP contribution in [-0.4, -0.2) is 28.3 Å². The number of pyridine rings is 2. The minimum atomic E-state index is -0.406. The molecule has 0 bridgehead atoms. The van der Waals surface area contributed by atoms with Crippen LogP contribution in [0.15, 0.2) is 85.3 Å². The maximum atomic E-state index is 12.5. The van der Waals surface area contributed by atoms with Gasteiger partial charge >= 0.3 is 0 Å². The zero-order valence-electron chi connectivity index (χ0n) is 15.9. The number of hydrogen-bond acceptors (Lipinski definition) is 5. The van der Waals surface area contributed by atoms with Crippen molar-refractivity contribution in [3.8, 4) is 11.5 Å². The predicted molar refractivity (Wildman–Crippen MR) is 113 cm³/mol. The molecule has 2 N–H and O–H groups in total. The van der Waals surface area contributed by atoms with Crippen molar-refractivity contribution in [1.29, 1.82) is 0 Å². The Morgan fingerprint density at radius 3 is 2.57 bits per heavy atom. The summed E-state index contributed by atoms with van der Waals surface area (Å²) in [5.74, 6) is 0.452. The first-order valence-electron chi connectivity index (χ1n) is 9.29. The Balaban J connectivity index is 1.37. The van der Waals surface area contributed by atoms with Gasteiger partial charge in [-0.05, 0) is 35.7 Å². The zero-order valence-corrected chi connectivity index (χ0v) is 15.9. The van der Waals surface area contributed by atoms with Gasteiger partial charge in [0.15, 0.2) is 0 Å². The third-order valence-corrected chi connectivity index (χ3v) is 4.30. The van der Waals surface area contributed by atoms with Gasteiger partial charge in [-0.25, -0.2) is 0 Å². The Hall–Kier alpha value is -4.26. The molecule has 0 saturated heterocycles. The second-order valence-electron chi connectivity index (χ2n) is 6.42. The normalized spacial score (nSPS) is 10.4. The summed E-state index contributed by atoms with van der Waals surface area (Å²) in [6.45, 7) is -0.181. The number of fused-ring (bicyclic) bond motifs is 1. The fourth-order valence-electron chi connectivity index (χ4n) is 2.93. The van der Waals surface area contributed by atoms with Crippen LogP contribution in [0.2, 0.25) is 0 Å². The molecule has 0 spiro atoms. The maximum Gasteiger partial charge on any atom is 0.270 e. The van der Waals surface area contributed by atoms with E-state index in [1.807, 2.05) is 30.3 Å². The molecule has 2 heterocycles. The summed E-state index contributed by atoms with van der Waals surface area (Å²) in [5.41, 5.74) is 0.845. The lowest BCUT2D eigenvalue weighted by molar-refractivity contribution is -0.115. The number of carbonyl (C=O) groups is 2. The number of nitrogens with zero attached hydrogens (tertiary/aromatic N) is 2. The molecule has 2 aromatic carbocycles. The standard InChI is InChI=1S/C23H18N4O3/c28-21(15-26-23(29)22-20-7-2-1-4-16(20)8-13-25-22)27-17-5-3-6-19(14-17)30-18-9-11-24-12-10-18/h1-14H,15H2,(H,26,29)(H,27,28). The highest BCUT2D eigenvalue weighted by atomic mass is 16.5. The van der Waals surface area contributed by atoms with Gasteiger partial charge in [-0.1, -0.05) is 30.3 Å². The molecule has 0 aliphatic carbocycles. The summed E-state index contributed by atoms with van der Waals surface area (Å²) in [4.78, 5) is 32.9. The van der Waals surface area contributed by atoms with Crippen molar-refractivity contribution >= 4 is 28.3 Å². The molecule has 148 valence electrons. The monoisotopic (exact) mass is 398 g/mol. The van der Waals surface area contributed by atoms with E-state index in [0.717, 1.165) is 10.8 Å². The Kier molecular flexibility index (Phi) is 5.61. The fourth-order valence-corrected chi connectivity index (χ4v) is 2.93. The second-order valence-corrected chi connectivity index (χ2v) is 6.42. The van der Waals surface area contributed by atoms with Crippen molar-refractivity contribution in [2.45, 2.75) is 0 Å². The molecular formula is C23H18N4O3. The topological polar surface area (TPSA) is 93.2 Å². The van der Waals surface area contributed by atoms with E-state index in [4.69, 9.17) is 4.74 Å². The van der Waals surface area contributed by atoms with Crippen molar-refractivity contribution in [3.05, 3.63) is 91.0 Å². The van der Waals surface area contributed by atoms with Crippen LogP contribution >= 0.6 is 0 Å². The number of aromatic nitrogens is 2. The van der Waals surface area contributed by atoms with E-state index in [1.54, 1.807) is 55.0 Å². The lowest BCUT2D eigenvalue weighted by Crippen LogP contribution is -2.33. The molecule has 30 heavy (non-hydrogen) atoms. The van der Waals surface area contributed by atoms with Crippen molar-refractivity contribution < 1.29 is 14.3 Å². The van der Waals surface area contributed by atoms with E-state index >= 15 is 0 Å². The number of amides is 2. The Morgan fingerprint density at radius 1 is 0.867 bits per heavy atom. The zero-order chi connectivity index (χ0) is 20.8. The minimum Gasteiger partial charge on any atom is -0.457 e. The largest absolute Gasteiger partial charge is 0.457 e. The van der Waals surface area contributed by atoms with Gasteiger partial charge in [0.2, 0.25) is 5.91 Å². The van der Waals surface area contributed by atoms with Crippen LogP contribution in [0.25, 0.3) is 10.8 Å². The van der Waals surface area contributed by atoms with Crippen LogP contribution in [0.3, 0.4) is 0 Å². The molecule has 7 nitrogen and oxygen atoms in total. The summed E-state index contributed by atoms with van der Waals surface area (Å²) in [6, 6.07) is 19.8. The van der Waals surface area contributed by atoms with Crippen molar-refractivity contribution in [2.24, 2.45) is 0 Å². The van der Waals surface area contributed by atoms with Crippen LogP contribution in [0.5, 0.6) is 11.5 Å². The molecule has 0 atom stereocenters. The Bertz CT molecular complexity index is 1190. The number of hydrogen-bond donors (Lipinski definition) is 2. The number of nitrogens with one attached hydrogen (secondary N) is 2. The lowest BCUT2D eigenvalue weighted by atomic mass is 10.1. The van der Waals surface area contributed by atoms with E-state index in [1.165, 1.54) is 0 Å². The molecule has 0 radical (unpaired) electrons. The number of carbonyl (C=O) groups excluding carboxylic acids is 2. The summed E-state index contributed by atoms with van der Waals surface area (Å²) in [5, 5.41) is 7.00. The van der Waals surface area contributed by atoms with Crippen molar-refractivity contribution in [2.75, 3.05) is 11.9 Å². The molecular weight excluding hydrogens is 380 g/mol. The number of rotatable bonds is 6. The summed E-state index contributed by atoms with van der Waals surface area (Å²) in [7, 11) is 0. The van der Waals surface area contributed by atoms with Crippen molar-refractivity contribution in [3.63, 3.8) is 0 Å². The van der Waals surface area contributed by atoms with E-state index in [2.05, 4.69) is 20.6 Å². The minimum absolute atomic E-state index is 0.181. The predicted octanol–water partition coefficient (Wildman–Crippen LogP) is 3.79. The highest BCUT2D eigenvalue weighted by molar-refractivity contribution is 6.06.